The Morgan fingerprint density at radius 3 is 2.19 bits per heavy atom. The highest BCUT2D eigenvalue weighted by Crippen LogP contribution is 2.25. The molecule has 0 N–H and O–H groups in total. The van der Waals surface area contributed by atoms with Gasteiger partial charge < -0.3 is 9.64 Å². The molecule has 0 spiro atoms. The van der Waals surface area contributed by atoms with Crippen LogP contribution in [0.1, 0.15) is 34.6 Å². The van der Waals surface area contributed by atoms with Gasteiger partial charge in [-0.1, -0.05) is 6.92 Å². The molecule has 1 rings (SSSR count). The number of hydrogen-bond donors (Lipinski definition) is 0. The molecule has 4 heteroatoms. The SMILES string of the molecule is CC(=O)C1CN(C(=O)OC(C)(C)C)C[C@H]1C. The molecular weight excluding hydrogens is 206 g/mol. The van der Waals surface area contributed by atoms with Gasteiger partial charge in [-0.2, -0.15) is 0 Å². The summed E-state index contributed by atoms with van der Waals surface area (Å²) < 4.78 is 5.27. The Labute approximate surface area is 96.9 Å². The summed E-state index contributed by atoms with van der Waals surface area (Å²) in [5.41, 5.74) is -0.478. The molecule has 1 amide bonds. The minimum atomic E-state index is -0.478. The second-order valence-corrected chi connectivity index (χ2v) is 5.58. The number of carbonyl (C=O) groups excluding carboxylic acids is 2. The van der Waals surface area contributed by atoms with Crippen LogP contribution >= 0.6 is 0 Å². The molecule has 1 aliphatic heterocycles. The standard InChI is InChI=1S/C12H21NO3/c1-8-6-13(7-10(8)9(2)14)11(15)16-12(3,4)5/h8,10H,6-7H2,1-5H3/t8-,10?/m1/s1. The van der Waals surface area contributed by atoms with Crippen molar-refractivity contribution in [2.45, 2.75) is 40.2 Å². The Morgan fingerprint density at radius 1 is 1.25 bits per heavy atom. The van der Waals surface area contributed by atoms with Crippen LogP contribution in [0.3, 0.4) is 0 Å². The smallest absolute Gasteiger partial charge is 0.410 e. The molecular formula is C12H21NO3. The number of amides is 1. The predicted octanol–water partition coefficient (Wildman–Crippen LogP) is 2.08. The van der Waals surface area contributed by atoms with E-state index in [0.29, 0.717) is 13.1 Å². The van der Waals surface area contributed by atoms with E-state index >= 15 is 0 Å². The van der Waals surface area contributed by atoms with E-state index in [-0.39, 0.29) is 23.7 Å². The Bertz CT molecular complexity index is 293. The summed E-state index contributed by atoms with van der Waals surface area (Å²) in [6, 6.07) is 0. The van der Waals surface area contributed by atoms with Crippen LogP contribution in [0.4, 0.5) is 4.79 Å². The molecule has 0 radical (unpaired) electrons. The first kappa shape index (κ1) is 13.0. The fourth-order valence-electron chi connectivity index (χ4n) is 1.97. The summed E-state index contributed by atoms with van der Waals surface area (Å²) in [4.78, 5) is 24.7. The molecule has 16 heavy (non-hydrogen) atoms. The number of rotatable bonds is 1. The van der Waals surface area contributed by atoms with Crippen LogP contribution in [0, 0.1) is 11.8 Å². The molecule has 4 nitrogen and oxygen atoms in total. The molecule has 0 aromatic rings. The van der Waals surface area contributed by atoms with Crippen molar-refractivity contribution in [1.82, 2.24) is 4.90 Å². The van der Waals surface area contributed by atoms with Crippen LogP contribution < -0.4 is 0 Å². The monoisotopic (exact) mass is 227 g/mol. The van der Waals surface area contributed by atoms with E-state index in [4.69, 9.17) is 4.74 Å². The van der Waals surface area contributed by atoms with Crippen molar-refractivity contribution in [3.8, 4) is 0 Å². The fourth-order valence-corrected chi connectivity index (χ4v) is 1.97. The van der Waals surface area contributed by atoms with Crippen molar-refractivity contribution in [2.24, 2.45) is 11.8 Å². The van der Waals surface area contributed by atoms with Gasteiger partial charge in [0.1, 0.15) is 11.4 Å². The zero-order valence-corrected chi connectivity index (χ0v) is 10.7. The number of carbonyl (C=O) groups is 2. The number of likely N-dealkylation sites (tertiary alicyclic amines) is 1. The number of hydrogen-bond acceptors (Lipinski definition) is 3. The molecule has 1 aliphatic rings. The average molecular weight is 227 g/mol. The summed E-state index contributed by atoms with van der Waals surface area (Å²) >= 11 is 0. The third kappa shape index (κ3) is 3.22. The maximum absolute atomic E-state index is 11.8. The molecule has 1 heterocycles. The van der Waals surface area contributed by atoms with Gasteiger partial charge in [0.15, 0.2) is 0 Å². The van der Waals surface area contributed by atoms with Gasteiger partial charge in [0, 0.05) is 19.0 Å². The largest absolute Gasteiger partial charge is 0.444 e. The zero-order chi connectivity index (χ0) is 12.5. The van der Waals surface area contributed by atoms with Gasteiger partial charge in [0.05, 0.1) is 0 Å². The van der Waals surface area contributed by atoms with Crippen LogP contribution in [-0.4, -0.2) is 35.5 Å². The lowest BCUT2D eigenvalue weighted by Crippen LogP contribution is -2.35. The Hall–Kier alpha value is -1.06. The van der Waals surface area contributed by atoms with E-state index in [1.807, 2.05) is 27.7 Å². The van der Waals surface area contributed by atoms with Gasteiger partial charge in [0.25, 0.3) is 0 Å². The summed E-state index contributed by atoms with van der Waals surface area (Å²) in [7, 11) is 0. The first-order valence-corrected chi connectivity index (χ1v) is 5.69. The quantitative estimate of drug-likeness (QED) is 0.689. The second kappa shape index (κ2) is 4.44. The van der Waals surface area contributed by atoms with Crippen LogP contribution in [0.5, 0.6) is 0 Å². The third-order valence-electron chi connectivity index (χ3n) is 2.79. The second-order valence-electron chi connectivity index (χ2n) is 5.58. The van der Waals surface area contributed by atoms with Crippen molar-refractivity contribution in [3.05, 3.63) is 0 Å². The molecule has 1 fully saturated rings. The number of nitrogens with zero attached hydrogens (tertiary/aromatic N) is 1. The van der Waals surface area contributed by atoms with Crippen LogP contribution in [0.15, 0.2) is 0 Å². The minimum Gasteiger partial charge on any atom is -0.444 e. The van der Waals surface area contributed by atoms with Crippen molar-refractivity contribution < 1.29 is 14.3 Å². The molecule has 1 unspecified atom stereocenters. The highest BCUT2D eigenvalue weighted by Gasteiger charge is 2.36. The fraction of sp³-hybridized carbons (Fsp3) is 0.833. The molecule has 2 atom stereocenters. The molecule has 0 aromatic carbocycles. The predicted molar refractivity (Wildman–Crippen MR) is 61.1 cm³/mol. The van der Waals surface area contributed by atoms with E-state index in [2.05, 4.69) is 0 Å². The topological polar surface area (TPSA) is 46.6 Å². The highest BCUT2D eigenvalue weighted by atomic mass is 16.6. The first-order valence-electron chi connectivity index (χ1n) is 5.69. The van der Waals surface area contributed by atoms with Gasteiger partial charge in [-0.3, -0.25) is 4.79 Å². The van der Waals surface area contributed by atoms with Crippen molar-refractivity contribution in [1.29, 1.82) is 0 Å². The average Bonchev–Trinajstić information content (AvgIpc) is 2.44. The normalized spacial score (nSPS) is 25.7. The van der Waals surface area contributed by atoms with Gasteiger partial charge in [-0.05, 0) is 33.6 Å². The number of ketones is 1. The van der Waals surface area contributed by atoms with Gasteiger partial charge in [-0.25, -0.2) is 4.79 Å². The zero-order valence-electron chi connectivity index (χ0n) is 10.7. The highest BCUT2D eigenvalue weighted by molar-refractivity contribution is 5.80. The lowest BCUT2D eigenvalue weighted by molar-refractivity contribution is -0.121. The number of ether oxygens (including phenoxy) is 1. The lowest BCUT2D eigenvalue weighted by atomic mass is 9.95. The summed E-state index contributed by atoms with van der Waals surface area (Å²) in [6.45, 7) is 10.2. The van der Waals surface area contributed by atoms with Gasteiger partial charge in [-0.15, -0.1) is 0 Å². The van der Waals surface area contributed by atoms with E-state index in [1.165, 1.54) is 0 Å². The number of Topliss-reactive ketones (excluding diaryl/α,β-unsaturated/α-hetero) is 1. The van der Waals surface area contributed by atoms with Crippen LogP contribution in [0.2, 0.25) is 0 Å². The van der Waals surface area contributed by atoms with Gasteiger partial charge in [0.2, 0.25) is 0 Å². The van der Waals surface area contributed by atoms with Crippen LogP contribution in [0.25, 0.3) is 0 Å². The maximum Gasteiger partial charge on any atom is 0.410 e. The van der Waals surface area contributed by atoms with E-state index < -0.39 is 5.60 Å². The summed E-state index contributed by atoms with van der Waals surface area (Å²) in [6.07, 6.45) is -0.317. The van der Waals surface area contributed by atoms with Crippen molar-refractivity contribution >= 4 is 11.9 Å². The van der Waals surface area contributed by atoms with Gasteiger partial charge >= 0.3 is 6.09 Å². The van der Waals surface area contributed by atoms with E-state index in [9.17, 15) is 9.59 Å². The minimum absolute atomic E-state index is 0.0347. The third-order valence-corrected chi connectivity index (χ3v) is 2.79. The Kier molecular flexibility index (Phi) is 3.61. The molecule has 0 aliphatic carbocycles. The lowest BCUT2D eigenvalue weighted by Gasteiger charge is -2.24. The van der Waals surface area contributed by atoms with Crippen molar-refractivity contribution in [3.63, 3.8) is 0 Å². The van der Waals surface area contributed by atoms with Crippen LogP contribution in [-0.2, 0) is 9.53 Å². The summed E-state index contributed by atoms with van der Waals surface area (Å²) in [5, 5.41) is 0. The summed E-state index contributed by atoms with van der Waals surface area (Å²) in [5.74, 6) is 0.344. The molecule has 0 bridgehead atoms. The Balaban J connectivity index is 2.58. The first-order chi connectivity index (χ1) is 7.20. The molecule has 1 saturated heterocycles. The van der Waals surface area contributed by atoms with E-state index in [0.717, 1.165) is 0 Å². The molecule has 92 valence electrons. The maximum atomic E-state index is 11.8. The molecule has 0 saturated carbocycles. The Morgan fingerprint density at radius 2 is 1.81 bits per heavy atom. The molecule has 0 aromatic heterocycles. The van der Waals surface area contributed by atoms with Crippen molar-refractivity contribution in [2.75, 3.05) is 13.1 Å². The van der Waals surface area contributed by atoms with E-state index in [1.54, 1.807) is 11.8 Å².